The van der Waals surface area contributed by atoms with Gasteiger partial charge in [0.15, 0.2) is 5.82 Å². The molecular formula is C12H12N4O3S. The van der Waals surface area contributed by atoms with Gasteiger partial charge in [-0.15, -0.1) is 11.3 Å². The Hall–Kier alpha value is -2.19. The first-order valence-corrected chi connectivity index (χ1v) is 6.75. The zero-order valence-corrected chi connectivity index (χ0v) is 11.5. The number of ether oxygens (including phenoxy) is 1. The number of hydrogen-bond donors (Lipinski definition) is 1. The minimum atomic E-state index is -0.610. The van der Waals surface area contributed by atoms with E-state index in [0.29, 0.717) is 11.3 Å². The summed E-state index contributed by atoms with van der Waals surface area (Å²) in [4.78, 5) is 24.3. The molecule has 3 rings (SSSR count). The fourth-order valence-electron chi connectivity index (χ4n) is 2.18. The monoisotopic (exact) mass is 292 g/mol. The summed E-state index contributed by atoms with van der Waals surface area (Å²) in [5.41, 5.74) is 5.27. The lowest BCUT2D eigenvalue weighted by atomic mass is 10.4. The average Bonchev–Trinajstić information content (AvgIpc) is 2.94. The first-order chi connectivity index (χ1) is 9.61. The van der Waals surface area contributed by atoms with Gasteiger partial charge in [-0.2, -0.15) is 5.10 Å². The Balaban J connectivity index is 2.37. The van der Waals surface area contributed by atoms with E-state index in [4.69, 9.17) is 10.5 Å². The molecule has 0 aromatic carbocycles. The van der Waals surface area contributed by atoms with Crippen molar-refractivity contribution in [2.45, 2.75) is 13.2 Å². The molecule has 0 radical (unpaired) electrons. The number of hydrogen-bond acceptors (Lipinski definition) is 5. The summed E-state index contributed by atoms with van der Waals surface area (Å²) < 4.78 is 7.97. The van der Waals surface area contributed by atoms with Gasteiger partial charge in [-0.1, -0.05) is 0 Å². The van der Waals surface area contributed by atoms with Gasteiger partial charge < -0.3 is 10.5 Å². The van der Waals surface area contributed by atoms with Crippen molar-refractivity contribution in [3.8, 4) is 0 Å². The SMILES string of the molecule is COCc1nn(CC(N)=O)c(=O)c2cc3ccsc3n12. The molecular weight excluding hydrogens is 280 g/mol. The van der Waals surface area contributed by atoms with Crippen LogP contribution in [-0.4, -0.2) is 27.2 Å². The van der Waals surface area contributed by atoms with Crippen molar-refractivity contribution in [3.63, 3.8) is 0 Å². The highest BCUT2D eigenvalue weighted by Crippen LogP contribution is 2.24. The lowest BCUT2D eigenvalue weighted by molar-refractivity contribution is -0.118. The van der Waals surface area contributed by atoms with Crippen molar-refractivity contribution >= 4 is 33.0 Å². The van der Waals surface area contributed by atoms with Gasteiger partial charge in [-0.05, 0) is 17.5 Å². The van der Waals surface area contributed by atoms with Gasteiger partial charge in [0, 0.05) is 12.5 Å². The molecule has 0 saturated carbocycles. The number of methoxy groups -OCH3 is 1. The number of rotatable bonds is 4. The van der Waals surface area contributed by atoms with E-state index in [-0.39, 0.29) is 18.7 Å². The molecule has 104 valence electrons. The number of fused-ring (bicyclic) bond motifs is 3. The van der Waals surface area contributed by atoms with E-state index < -0.39 is 5.91 Å². The molecule has 0 saturated heterocycles. The highest BCUT2D eigenvalue weighted by molar-refractivity contribution is 7.16. The molecule has 2 N–H and O–H groups in total. The molecule has 3 aromatic rings. The highest BCUT2D eigenvalue weighted by Gasteiger charge is 2.15. The number of primary amides is 1. The molecule has 0 aliphatic rings. The van der Waals surface area contributed by atoms with Crippen LogP contribution in [0.2, 0.25) is 0 Å². The Bertz CT molecular complexity index is 861. The second kappa shape index (κ2) is 4.73. The van der Waals surface area contributed by atoms with Crippen LogP contribution in [0.25, 0.3) is 15.7 Å². The summed E-state index contributed by atoms with van der Waals surface area (Å²) in [5, 5.41) is 7.09. The van der Waals surface area contributed by atoms with Crippen LogP contribution in [0.3, 0.4) is 0 Å². The average molecular weight is 292 g/mol. The lowest BCUT2D eigenvalue weighted by Gasteiger charge is -2.08. The molecule has 0 spiro atoms. The molecule has 0 atom stereocenters. The quantitative estimate of drug-likeness (QED) is 0.750. The van der Waals surface area contributed by atoms with Gasteiger partial charge in [0.2, 0.25) is 5.91 Å². The Morgan fingerprint density at radius 3 is 3.05 bits per heavy atom. The summed E-state index contributed by atoms with van der Waals surface area (Å²) in [6.07, 6.45) is 0. The van der Waals surface area contributed by atoms with Crippen molar-refractivity contribution in [1.82, 2.24) is 14.2 Å². The van der Waals surface area contributed by atoms with E-state index in [1.54, 1.807) is 17.6 Å². The van der Waals surface area contributed by atoms with Crippen LogP contribution < -0.4 is 11.3 Å². The smallest absolute Gasteiger partial charge is 0.291 e. The number of amides is 1. The fraction of sp³-hybridized carbons (Fsp3) is 0.250. The van der Waals surface area contributed by atoms with Gasteiger partial charge in [-0.3, -0.25) is 14.0 Å². The number of carbonyl (C=O) groups excluding carboxylic acids is 1. The summed E-state index contributed by atoms with van der Waals surface area (Å²) >= 11 is 1.52. The van der Waals surface area contributed by atoms with E-state index in [1.165, 1.54) is 11.3 Å². The topological polar surface area (TPSA) is 91.6 Å². The fourth-order valence-corrected chi connectivity index (χ4v) is 3.09. The zero-order valence-electron chi connectivity index (χ0n) is 10.7. The van der Waals surface area contributed by atoms with Crippen molar-refractivity contribution in [2.75, 3.05) is 7.11 Å². The number of nitrogens with two attached hydrogens (primary N) is 1. The van der Waals surface area contributed by atoms with Crippen LogP contribution in [-0.2, 0) is 22.7 Å². The zero-order chi connectivity index (χ0) is 14.3. The first kappa shape index (κ1) is 12.8. The van der Waals surface area contributed by atoms with Crippen molar-refractivity contribution in [3.05, 3.63) is 33.7 Å². The Labute approximate surface area is 117 Å². The summed E-state index contributed by atoms with van der Waals surface area (Å²) in [5.74, 6) is -0.0542. The minimum Gasteiger partial charge on any atom is -0.377 e. The van der Waals surface area contributed by atoms with Crippen molar-refractivity contribution in [2.24, 2.45) is 5.73 Å². The third-order valence-electron chi connectivity index (χ3n) is 2.94. The Kier molecular flexibility index (Phi) is 3.03. The number of carbonyl (C=O) groups is 1. The molecule has 20 heavy (non-hydrogen) atoms. The Morgan fingerprint density at radius 1 is 1.55 bits per heavy atom. The summed E-state index contributed by atoms with van der Waals surface area (Å²) in [7, 11) is 1.55. The lowest BCUT2D eigenvalue weighted by Crippen LogP contribution is -2.32. The number of thiophene rings is 1. The molecule has 3 aromatic heterocycles. The van der Waals surface area contributed by atoms with Crippen LogP contribution >= 0.6 is 11.3 Å². The second-order valence-corrected chi connectivity index (χ2v) is 5.22. The third kappa shape index (κ3) is 1.89. The van der Waals surface area contributed by atoms with E-state index in [0.717, 1.165) is 14.9 Å². The number of nitrogens with zero attached hydrogens (tertiary/aromatic N) is 3. The predicted octanol–water partition coefficient (Wildman–Crippen LogP) is 0.342. The molecule has 8 heteroatoms. The molecule has 0 aliphatic heterocycles. The summed E-state index contributed by atoms with van der Waals surface area (Å²) in [6.45, 7) is -0.0118. The van der Waals surface area contributed by atoms with Crippen LogP contribution in [0.4, 0.5) is 0 Å². The van der Waals surface area contributed by atoms with Gasteiger partial charge in [-0.25, -0.2) is 4.68 Å². The third-order valence-corrected chi connectivity index (χ3v) is 3.85. The predicted molar refractivity (Wildman–Crippen MR) is 74.7 cm³/mol. The molecule has 0 aliphatic carbocycles. The van der Waals surface area contributed by atoms with E-state index in [1.807, 2.05) is 11.4 Å². The van der Waals surface area contributed by atoms with Gasteiger partial charge in [0.25, 0.3) is 5.56 Å². The van der Waals surface area contributed by atoms with Crippen LogP contribution in [0, 0.1) is 0 Å². The standard InChI is InChI=1S/C12H12N4O3S/c1-19-6-10-14-15(5-9(13)17)11(18)8-4-7-2-3-20-12(7)16(8)10/h2-4H,5-6H2,1H3,(H2,13,17). The highest BCUT2D eigenvalue weighted by atomic mass is 32.1. The summed E-state index contributed by atoms with van der Waals surface area (Å²) in [6, 6.07) is 3.72. The first-order valence-electron chi connectivity index (χ1n) is 5.87. The van der Waals surface area contributed by atoms with Crippen LogP contribution in [0.15, 0.2) is 22.3 Å². The number of aromatic nitrogens is 3. The maximum atomic E-state index is 12.3. The van der Waals surface area contributed by atoms with E-state index in [9.17, 15) is 9.59 Å². The molecule has 0 fully saturated rings. The van der Waals surface area contributed by atoms with Crippen LogP contribution in [0.5, 0.6) is 0 Å². The van der Waals surface area contributed by atoms with Gasteiger partial charge >= 0.3 is 0 Å². The molecule has 3 heterocycles. The van der Waals surface area contributed by atoms with E-state index in [2.05, 4.69) is 5.10 Å². The maximum Gasteiger partial charge on any atom is 0.291 e. The van der Waals surface area contributed by atoms with Crippen LogP contribution in [0.1, 0.15) is 5.82 Å². The molecule has 1 amide bonds. The maximum absolute atomic E-state index is 12.3. The molecule has 0 unspecified atom stereocenters. The second-order valence-electron chi connectivity index (χ2n) is 4.32. The Morgan fingerprint density at radius 2 is 2.35 bits per heavy atom. The van der Waals surface area contributed by atoms with Crippen molar-refractivity contribution in [1.29, 1.82) is 0 Å². The minimum absolute atomic E-state index is 0.233. The van der Waals surface area contributed by atoms with Crippen molar-refractivity contribution < 1.29 is 9.53 Å². The van der Waals surface area contributed by atoms with E-state index >= 15 is 0 Å². The van der Waals surface area contributed by atoms with Gasteiger partial charge in [0.05, 0.1) is 0 Å². The largest absolute Gasteiger partial charge is 0.377 e. The molecule has 0 bridgehead atoms. The normalized spacial score (nSPS) is 11.4. The molecule has 7 nitrogen and oxygen atoms in total. The van der Waals surface area contributed by atoms with Gasteiger partial charge in [0.1, 0.15) is 23.5 Å².